The topological polar surface area (TPSA) is 39.2 Å². The number of hydrogen-bond acceptors (Lipinski definition) is 3. The summed E-state index contributed by atoms with van der Waals surface area (Å²) < 4.78 is 41.4. The number of Topliss-reactive ketones (excluding diaryl/α,β-unsaturated/α-hetero) is 1. The third-order valence-electron chi connectivity index (χ3n) is 1.71. The van der Waals surface area contributed by atoms with Gasteiger partial charge in [-0.3, -0.25) is 9.78 Å². The van der Waals surface area contributed by atoms with E-state index in [0.29, 0.717) is 6.61 Å². The van der Waals surface area contributed by atoms with Crippen LogP contribution in [-0.4, -0.2) is 23.6 Å². The fraction of sp³-hybridized carbons (Fsp3) is 0.400. The summed E-state index contributed by atoms with van der Waals surface area (Å²) in [7, 11) is 0. The number of carbonyl (C=O) groups excluding carboxylic acids is 1. The first-order valence-corrected chi connectivity index (χ1v) is 4.64. The minimum Gasteiger partial charge on any atom is -0.492 e. The van der Waals surface area contributed by atoms with E-state index in [2.05, 4.69) is 4.98 Å². The van der Waals surface area contributed by atoms with E-state index >= 15 is 0 Å². The lowest BCUT2D eigenvalue weighted by Gasteiger charge is -2.07. The fourth-order valence-corrected chi connectivity index (χ4v) is 1.01. The van der Waals surface area contributed by atoms with E-state index in [1.165, 1.54) is 6.20 Å². The van der Waals surface area contributed by atoms with Crippen molar-refractivity contribution in [3.8, 4) is 5.75 Å². The molecule has 0 radical (unpaired) electrons. The Balaban J connectivity index is 2.86. The van der Waals surface area contributed by atoms with Crippen molar-refractivity contribution in [2.45, 2.75) is 19.5 Å². The number of hydrogen-bond donors (Lipinski definition) is 0. The molecule has 1 aromatic rings. The largest absolute Gasteiger partial charge is 0.492 e. The average molecular weight is 233 g/mol. The van der Waals surface area contributed by atoms with Gasteiger partial charge in [0, 0.05) is 11.8 Å². The lowest BCUT2D eigenvalue weighted by atomic mass is 10.2. The number of ketones is 1. The molecule has 0 saturated carbocycles. The molecular formula is C10H10F3NO2. The highest BCUT2D eigenvalue weighted by atomic mass is 19.4. The van der Waals surface area contributed by atoms with Crippen molar-refractivity contribution in [3.05, 3.63) is 24.0 Å². The molecule has 16 heavy (non-hydrogen) atoms. The molecule has 1 rings (SSSR count). The molecule has 0 aromatic carbocycles. The summed E-state index contributed by atoms with van der Waals surface area (Å²) in [5, 5.41) is 0. The van der Waals surface area contributed by atoms with Crippen LogP contribution in [0.15, 0.2) is 18.5 Å². The zero-order chi connectivity index (χ0) is 12.2. The second-order valence-electron chi connectivity index (χ2n) is 3.08. The van der Waals surface area contributed by atoms with E-state index in [1.807, 2.05) is 6.92 Å². The van der Waals surface area contributed by atoms with Gasteiger partial charge in [0.05, 0.1) is 12.8 Å². The molecule has 0 atom stereocenters. The van der Waals surface area contributed by atoms with Gasteiger partial charge in [-0.1, -0.05) is 6.92 Å². The van der Waals surface area contributed by atoms with Gasteiger partial charge in [-0.2, -0.15) is 13.2 Å². The van der Waals surface area contributed by atoms with E-state index in [1.54, 1.807) is 0 Å². The van der Waals surface area contributed by atoms with Gasteiger partial charge in [0.1, 0.15) is 5.75 Å². The maximum atomic E-state index is 12.1. The Bertz CT molecular complexity index is 377. The summed E-state index contributed by atoms with van der Waals surface area (Å²) in [6.45, 7) is 2.23. The van der Waals surface area contributed by atoms with Crippen molar-refractivity contribution in [3.63, 3.8) is 0 Å². The predicted molar refractivity (Wildman–Crippen MR) is 50.4 cm³/mol. The minimum atomic E-state index is -4.88. The van der Waals surface area contributed by atoms with Gasteiger partial charge < -0.3 is 4.74 Å². The second kappa shape index (κ2) is 4.96. The predicted octanol–water partition coefficient (Wildman–Crippen LogP) is 2.62. The van der Waals surface area contributed by atoms with Crippen LogP contribution in [-0.2, 0) is 0 Å². The lowest BCUT2D eigenvalue weighted by Crippen LogP contribution is -2.22. The van der Waals surface area contributed by atoms with Gasteiger partial charge in [-0.25, -0.2) is 0 Å². The first-order valence-electron chi connectivity index (χ1n) is 4.64. The number of carbonyl (C=O) groups is 1. The van der Waals surface area contributed by atoms with E-state index in [4.69, 9.17) is 4.74 Å². The Labute approximate surface area is 90.2 Å². The molecule has 1 heterocycles. The Morgan fingerprint density at radius 2 is 2.12 bits per heavy atom. The van der Waals surface area contributed by atoms with E-state index in [-0.39, 0.29) is 5.75 Å². The van der Waals surface area contributed by atoms with E-state index in [0.717, 1.165) is 18.7 Å². The third-order valence-corrected chi connectivity index (χ3v) is 1.71. The molecule has 0 bridgehead atoms. The van der Waals surface area contributed by atoms with Gasteiger partial charge in [0.25, 0.3) is 5.78 Å². The first-order chi connectivity index (χ1) is 7.45. The maximum absolute atomic E-state index is 12.1. The number of aromatic nitrogens is 1. The summed E-state index contributed by atoms with van der Waals surface area (Å²) in [6.07, 6.45) is -2.03. The smallest absolute Gasteiger partial charge is 0.454 e. The van der Waals surface area contributed by atoms with Crippen LogP contribution in [0.25, 0.3) is 0 Å². The molecule has 0 N–H and O–H groups in total. The summed E-state index contributed by atoms with van der Waals surface area (Å²) in [6, 6.07) is 1.04. The zero-order valence-corrected chi connectivity index (χ0v) is 8.54. The van der Waals surface area contributed by atoms with Crippen LogP contribution >= 0.6 is 0 Å². The highest BCUT2D eigenvalue weighted by molar-refractivity contribution is 6.00. The van der Waals surface area contributed by atoms with Crippen molar-refractivity contribution in [2.75, 3.05) is 6.61 Å². The number of alkyl halides is 3. The van der Waals surface area contributed by atoms with Crippen molar-refractivity contribution in [2.24, 2.45) is 0 Å². The zero-order valence-electron chi connectivity index (χ0n) is 8.54. The van der Waals surface area contributed by atoms with Gasteiger partial charge in [0.15, 0.2) is 0 Å². The van der Waals surface area contributed by atoms with Crippen LogP contribution in [0, 0.1) is 0 Å². The molecule has 0 fully saturated rings. The number of pyridine rings is 1. The van der Waals surface area contributed by atoms with Crippen molar-refractivity contribution >= 4 is 5.78 Å². The Morgan fingerprint density at radius 1 is 1.44 bits per heavy atom. The molecule has 0 aliphatic heterocycles. The van der Waals surface area contributed by atoms with Crippen molar-refractivity contribution in [1.29, 1.82) is 0 Å². The van der Waals surface area contributed by atoms with E-state index in [9.17, 15) is 18.0 Å². The van der Waals surface area contributed by atoms with Gasteiger partial charge >= 0.3 is 6.18 Å². The first kappa shape index (κ1) is 12.5. The van der Waals surface area contributed by atoms with Crippen LogP contribution in [0.2, 0.25) is 0 Å². The monoisotopic (exact) mass is 233 g/mol. The fourth-order valence-electron chi connectivity index (χ4n) is 1.01. The Kier molecular flexibility index (Phi) is 3.87. The van der Waals surface area contributed by atoms with E-state index < -0.39 is 17.5 Å². The number of ether oxygens (including phenoxy) is 1. The number of nitrogens with zero attached hydrogens (tertiary/aromatic N) is 1. The number of rotatable bonds is 4. The molecule has 0 aliphatic carbocycles. The highest BCUT2D eigenvalue weighted by Gasteiger charge is 2.39. The Hall–Kier alpha value is -1.59. The molecule has 0 saturated heterocycles. The quantitative estimate of drug-likeness (QED) is 0.750. The summed E-state index contributed by atoms with van der Waals surface area (Å²) >= 11 is 0. The molecular weight excluding hydrogens is 223 g/mol. The normalized spacial score (nSPS) is 11.2. The van der Waals surface area contributed by atoms with Gasteiger partial charge in [0.2, 0.25) is 0 Å². The van der Waals surface area contributed by atoms with Crippen molar-refractivity contribution in [1.82, 2.24) is 4.98 Å². The van der Waals surface area contributed by atoms with Crippen LogP contribution in [0.4, 0.5) is 13.2 Å². The second-order valence-corrected chi connectivity index (χ2v) is 3.08. The molecule has 6 heteroatoms. The highest BCUT2D eigenvalue weighted by Crippen LogP contribution is 2.22. The van der Waals surface area contributed by atoms with Crippen LogP contribution in [0.5, 0.6) is 5.75 Å². The average Bonchev–Trinajstić information content (AvgIpc) is 2.24. The molecule has 1 aromatic heterocycles. The van der Waals surface area contributed by atoms with Crippen LogP contribution in [0.3, 0.4) is 0 Å². The maximum Gasteiger partial charge on any atom is 0.454 e. The summed E-state index contributed by atoms with van der Waals surface area (Å²) in [5.41, 5.74) is -0.513. The van der Waals surface area contributed by atoms with Gasteiger partial charge in [-0.15, -0.1) is 0 Å². The number of halogens is 3. The standard InChI is InChI=1S/C10H10F3NO2/c1-2-3-16-8-4-7(5-14-6-8)9(15)10(11,12)13/h4-6H,2-3H2,1H3. The molecule has 0 spiro atoms. The molecule has 0 unspecified atom stereocenters. The SMILES string of the molecule is CCCOc1cncc(C(=O)C(F)(F)F)c1. The summed E-state index contributed by atoms with van der Waals surface area (Å²) in [5.74, 6) is -1.75. The molecule has 0 amide bonds. The van der Waals surface area contributed by atoms with Gasteiger partial charge in [-0.05, 0) is 12.5 Å². The molecule has 0 aliphatic rings. The molecule has 88 valence electrons. The van der Waals surface area contributed by atoms with Crippen molar-refractivity contribution < 1.29 is 22.7 Å². The van der Waals surface area contributed by atoms with Crippen LogP contribution in [0.1, 0.15) is 23.7 Å². The lowest BCUT2D eigenvalue weighted by molar-refractivity contribution is -0.0885. The third kappa shape index (κ3) is 3.22. The Morgan fingerprint density at radius 3 is 2.69 bits per heavy atom. The van der Waals surface area contributed by atoms with Crippen LogP contribution < -0.4 is 4.74 Å². The summed E-state index contributed by atoms with van der Waals surface area (Å²) in [4.78, 5) is 14.4. The molecule has 3 nitrogen and oxygen atoms in total. The minimum absolute atomic E-state index is 0.164.